The van der Waals surface area contributed by atoms with E-state index in [0.717, 1.165) is 21.0 Å². The first-order valence-corrected chi connectivity index (χ1v) is 14.7. The lowest BCUT2D eigenvalue weighted by Crippen LogP contribution is -2.53. The molecule has 0 aliphatic heterocycles. The smallest absolute Gasteiger partial charge is 0.264 e. The Morgan fingerprint density at radius 1 is 0.923 bits per heavy atom. The summed E-state index contributed by atoms with van der Waals surface area (Å²) in [7, 11) is -4.14. The molecule has 0 radical (unpaired) electrons. The largest absolute Gasteiger partial charge is 0.352 e. The van der Waals surface area contributed by atoms with E-state index in [1.165, 1.54) is 29.2 Å². The first kappa shape index (κ1) is 30.2. The van der Waals surface area contributed by atoms with Crippen LogP contribution in [0.4, 0.5) is 5.69 Å². The number of nitrogens with one attached hydrogen (secondary N) is 1. The summed E-state index contributed by atoms with van der Waals surface area (Å²) < 4.78 is 28.8. The van der Waals surface area contributed by atoms with Gasteiger partial charge in [-0.1, -0.05) is 60.5 Å². The summed E-state index contributed by atoms with van der Waals surface area (Å²) in [6.07, 6.45) is 0.366. The highest BCUT2D eigenvalue weighted by Crippen LogP contribution is 2.26. The van der Waals surface area contributed by atoms with Crippen molar-refractivity contribution in [3.05, 3.63) is 94.5 Å². The third-order valence-electron chi connectivity index (χ3n) is 6.22. The lowest BCUT2D eigenvalue weighted by atomic mass is 10.1. The Bertz CT molecular complexity index is 1410. The van der Waals surface area contributed by atoms with Gasteiger partial charge < -0.3 is 10.2 Å². The summed E-state index contributed by atoms with van der Waals surface area (Å²) in [5.41, 5.74) is 3.07. The first-order chi connectivity index (χ1) is 18.4. The molecule has 9 heteroatoms. The summed E-state index contributed by atoms with van der Waals surface area (Å²) >= 11 is 6.00. The van der Waals surface area contributed by atoms with Gasteiger partial charge in [-0.05, 0) is 81.6 Å². The highest BCUT2D eigenvalue weighted by molar-refractivity contribution is 7.92. The van der Waals surface area contributed by atoms with Crippen molar-refractivity contribution < 1.29 is 18.0 Å². The number of halogens is 1. The molecule has 2 amide bonds. The number of hydrogen-bond donors (Lipinski definition) is 1. The SMILES string of the molecule is CCC(C(=O)NC(C)C)N(Cc1cccc(C)c1)C(=O)CN(c1cccc(C)c1)S(=O)(=O)c1ccc(Cl)cc1. The number of carbonyl (C=O) groups excluding carboxylic acids is 2. The Kier molecular flexibility index (Phi) is 10.2. The van der Waals surface area contributed by atoms with Crippen LogP contribution in [0.25, 0.3) is 0 Å². The standard InChI is InChI=1S/C30H36ClN3O4S/c1-6-28(30(36)32-21(2)3)33(19-24-11-7-9-22(4)17-24)29(35)20-34(26-12-8-10-23(5)18-26)39(37,38)27-15-13-25(31)14-16-27/h7-18,21,28H,6,19-20H2,1-5H3,(H,32,36). The van der Waals surface area contributed by atoms with E-state index in [4.69, 9.17) is 11.6 Å². The van der Waals surface area contributed by atoms with E-state index in [-0.39, 0.29) is 23.4 Å². The molecule has 0 aromatic heterocycles. The van der Waals surface area contributed by atoms with Gasteiger partial charge in [0.15, 0.2) is 0 Å². The third-order valence-corrected chi connectivity index (χ3v) is 8.26. The number of anilines is 1. The second-order valence-corrected chi connectivity index (χ2v) is 12.2. The number of hydrogen-bond acceptors (Lipinski definition) is 4. The molecule has 3 aromatic carbocycles. The predicted molar refractivity (Wildman–Crippen MR) is 156 cm³/mol. The van der Waals surface area contributed by atoms with Crippen molar-refractivity contribution >= 4 is 39.1 Å². The van der Waals surface area contributed by atoms with Crippen LogP contribution in [-0.2, 0) is 26.2 Å². The molecule has 0 saturated heterocycles. The quantitative estimate of drug-likeness (QED) is 0.331. The van der Waals surface area contributed by atoms with Crippen LogP contribution in [0.3, 0.4) is 0 Å². The van der Waals surface area contributed by atoms with Gasteiger partial charge in [-0.15, -0.1) is 0 Å². The lowest BCUT2D eigenvalue weighted by molar-refractivity contribution is -0.140. The van der Waals surface area contributed by atoms with E-state index >= 15 is 0 Å². The van der Waals surface area contributed by atoms with E-state index in [1.54, 1.807) is 18.2 Å². The summed E-state index contributed by atoms with van der Waals surface area (Å²) in [5.74, 6) is -0.766. The second kappa shape index (κ2) is 13.1. The molecular weight excluding hydrogens is 534 g/mol. The van der Waals surface area contributed by atoms with E-state index in [2.05, 4.69) is 5.32 Å². The van der Waals surface area contributed by atoms with Gasteiger partial charge in [0.25, 0.3) is 10.0 Å². The highest BCUT2D eigenvalue weighted by atomic mass is 35.5. The fourth-order valence-electron chi connectivity index (χ4n) is 4.35. The Morgan fingerprint density at radius 2 is 1.54 bits per heavy atom. The molecule has 1 unspecified atom stereocenters. The maximum atomic E-state index is 14.0. The fourth-order valence-corrected chi connectivity index (χ4v) is 5.89. The zero-order chi connectivity index (χ0) is 28.7. The Labute approximate surface area is 236 Å². The van der Waals surface area contributed by atoms with Gasteiger partial charge in [-0.3, -0.25) is 13.9 Å². The van der Waals surface area contributed by atoms with E-state index in [1.807, 2.05) is 65.0 Å². The normalized spacial score (nSPS) is 12.2. The van der Waals surface area contributed by atoms with E-state index < -0.39 is 28.5 Å². The van der Waals surface area contributed by atoms with Crippen molar-refractivity contribution in [3.8, 4) is 0 Å². The monoisotopic (exact) mass is 569 g/mol. The van der Waals surface area contributed by atoms with Gasteiger partial charge in [0, 0.05) is 17.6 Å². The minimum atomic E-state index is -4.14. The summed E-state index contributed by atoms with van der Waals surface area (Å²) in [5, 5.41) is 3.30. The maximum absolute atomic E-state index is 14.0. The summed E-state index contributed by atoms with van der Waals surface area (Å²) in [4.78, 5) is 28.7. The van der Waals surface area contributed by atoms with Crippen molar-refractivity contribution in [3.63, 3.8) is 0 Å². The van der Waals surface area contributed by atoms with Gasteiger partial charge in [0.05, 0.1) is 10.6 Å². The average Bonchev–Trinajstić information content (AvgIpc) is 2.86. The molecule has 0 spiro atoms. The number of nitrogens with zero attached hydrogens (tertiary/aromatic N) is 2. The minimum absolute atomic E-state index is 0.0102. The minimum Gasteiger partial charge on any atom is -0.352 e. The number of carbonyl (C=O) groups is 2. The molecule has 0 aliphatic rings. The van der Waals surface area contributed by atoms with Crippen LogP contribution in [0.1, 0.15) is 43.9 Å². The average molecular weight is 570 g/mol. The maximum Gasteiger partial charge on any atom is 0.264 e. The van der Waals surface area contributed by atoms with Crippen molar-refractivity contribution in [2.75, 3.05) is 10.8 Å². The summed E-state index contributed by atoms with van der Waals surface area (Å²) in [6, 6.07) is 19.6. The van der Waals surface area contributed by atoms with Gasteiger partial charge in [-0.25, -0.2) is 8.42 Å². The van der Waals surface area contributed by atoms with E-state index in [0.29, 0.717) is 17.1 Å². The molecule has 1 N–H and O–H groups in total. The number of rotatable bonds is 11. The van der Waals surface area contributed by atoms with Crippen LogP contribution < -0.4 is 9.62 Å². The van der Waals surface area contributed by atoms with Gasteiger partial charge in [-0.2, -0.15) is 0 Å². The van der Waals surface area contributed by atoms with Crippen LogP contribution >= 0.6 is 11.6 Å². The number of aryl methyl sites for hydroxylation is 2. The zero-order valence-corrected chi connectivity index (χ0v) is 24.6. The predicted octanol–water partition coefficient (Wildman–Crippen LogP) is 5.48. The summed E-state index contributed by atoms with van der Waals surface area (Å²) in [6.45, 7) is 9.04. The molecule has 0 fully saturated rings. The molecule has 0 heterocycles. The Hall–Kier alpha value is -3.36. The first-order valence-electron chi connectivity index (χ1n) is 12.9. The molecule has 3 rings (SSSR count). The molecular formula is C30H36ClN3O4S. The topological polar surface area (TPSA) is 86.8 Å². The van der Waals surface area contributed by atoms with Gasteiger partial charge >= 0.3 is 0 Å². The van der Waals surface area contributed by atoms with Crippen LogP contribution in [0.5, 0.6) is 0 Å². The van der Waals surface area contributed by atoms with Crippen LogP contribution in [0.15, 0.2) is 77.7 Å². The number of amides is 2. The molecule has 0 aliphatic carbocycles. The molecule has 3 aromatic rings. The molecule has 0 saturated carbocycles. The second-order valence-electron chi connectivity index (χ2n) is 9.90. The van der Waals surface area contributed by atoms with Crippen molar-refractivity contribution in [1.82, 2.24) is 10.2 Å². The Balaban J connectivity index is 2.07. The third kappa shape index (κ3) is 7.83. The van der Waals surface area contributed by atoms with Crippen molar-refractivity contribution in [2.45, 2.75) is 64.6 Å². The Morgan fingerprint density at radius 3 is 2.10 bits per heavy atom. The lowest BCUT2D eigenvalue weighted by Gasteiger charge is -2.33. The van der Waals surface area contributed by atoms with Crippen LogP contribution in [-0.4, -0.2) is 43.8 Å². The zero-order valence-electron chi connectivity index (χ0n) is 23.0. The highest BCUT2D eigenvalue weighted by Gasteiger charge is 2.33. The number of benzene rings is 3. The molecule has 208 valence electrons. The van der Waals surface area contributed by atoms with Crippen LogP contribution in [0, 0.1) is 13.8 Å². The van der Waals surface area contributed by atoms with Crippen molar-refractivity contribution in [2.24, 2.45) is 0 Å². The van der Waals surface area contributed by atoms with Gasteiger partial charge in [0.1, 0.15) is 12.6 Å². The van der Waals surface area contributed by atoms with Crippen LogP contribution in [0.2, 0.25) is 5.02 Å². The number of sulfonamides is 1. The molecule has 0 bridgehead atoms. The van der Waals surface area contributed by atoms with Gasteiger partial charge in [0.2, 0.25) is 11.8 Å². The fraction of sp³-hybridized carbons (Fsp3) is 0.333. The van der Waals surface area contributed by atoms with E-state index in [9.17, 15) is 18.0 Å². The molecule has 39 heavy (non-hydrogen) atoms. The molecule has 1 atom stereocenters. The molecule has 7 nitrogen and oxygen atoms in total. The van der Waals surface area contributed by atoms with Crippen molar-refractivity contribution in [1.29, 1.82) is 0 Å².